The van der Waals surface area contributed by atoms with Crippen LogP contribution in [0.5, 0.6) is 0 Å². The van der Waals surface area contributed by atoms with Crippen LogP contribution in [0.1, 0.15) is 30.9 Å². The van der Waals surface area contributed by atoms with Crippen LogP contribution in [0.15, 0.2) is 77.3 Å². The summed E-state index contributed by atoms with van der Waals surface area (Å²) in [4.78, 5) is 3.94. The van der Waals surface area contributed by atoms with Crippen LogP contribution in [-0.2, 0) is 7.05 Å². The standard InChI is InChI=1S/C29H25N2O/c1-18(2)22-17-23(30-4)26(20-11-7-6-8-12-20)27-21-15-14-19(3)25(28(21)32-29(22)27)24-13-9-10-16-31(24)5/h6-18H,1-3,5H3/q+1. The van der Waals surface area contributed by atoms with Crippen molar-refractivity contribution in [2.45, 2.75) is 26.7 Å². The van der Waals surface area contributed by atoms with Crippen molar-refractivity contribution < 1.29 is 8.98 Å². The molecule has 0 aliphatic heterocycles. The average Bonchev–Trinajstić information content (AvgIpc) is 3.18. The maximum Gasteiger partial charge on any atom is 0.216 e. The normalized spacial score (nSPS) is 11.4. The highest BCUT2D eigenvalue weighted by molar-refractivity contribution is 6.19. The molecule has 2 aromatic heterocycles. The van der Waals surface area contributed by atoms with Crippen LogP contribution < -0.4 is 4.57 Å². The van der Waals surface area contributed by atoms with Gasteiger partial charge in [-0.1, -0.05) is 56.3 Å². The first-order valence-corrected chi connectivity index (χ1v) is 10.9. The van der Waals surface area contributed by atoms with E-state index in [-0.39, 0.29) is 5.92 Å². The summed E-state index contributed by atoms with van der Waals surface area (Å²) in [6.07, 6.45) is 2.06. The van der Waals surface area contributed by atoms with Gasteiger partial charge in [0.25, 0.3) is 0 Å². The molecule has 0 N–H and O–H groups in total. The zero-order chi connectivity index (χ0) is 22.4. The van der Waals surface area contributed by atoms with Gasteiger partial charge >= 0.3 is 0 Å². The molecule has 0 spiro atoms. The van der Waals surface area contributed by atoms with E-state index in [4.69, 9.17) is 11.0 Å². The fourth-order valence-electron chi connectivity index (χ4n) is 4.64. The molecule has 3 aromatic carbocycles. The molecule has 5 aromatic rings. The SMILES string of the molecule is [C-]#[N+]c1cc(C(C)C)c2oc3c(-c4cccc[n+]4C)c(C)ccc3c2c1-c1ccccc1. The first kappa shape index (κ1) is 20.0. The van der Waals surface area contributed by atoms with Gasteiger partial charge in [-0.3, -0.25) is 0 Å². The zero-order valence-corrected chi connectivity index (χ0v) is 18.8. The Morgan fingerprint density at radius 3 is 2.34 bits per heavy atom. The van der Waals surface area contributed by atoms with E-state index in [9.17, 15) is 0 Å². The van der Waals surface area contributed by atoms with E-state index >= 15 is 0 Å². The Balaban J connectivity index is 2.01. The molecule has 0 unspecified atom stereocenters. The zero-order valence-electron chi connectivity index (χ0n) is 18.8. The van der Waals surface area contributed by atoms with Crippen LogP contribution in [0, 0.1) is 13.5 Å². The van der Waals surface area contributed by atoms with E-state index in [2.05, 4.69) is 79.8 Å². The molecule has 0 aliphatic carbocycles. The molecule has 0 bridgehead atoms. The minimum Gasteiger partial charge on any atom is -0.455 e. The molecule has 0 atom stereocenters. The second kappa shape index (κ2) is 7.66. The van der Waals surface area contributed by atoms with Gasteiger partial charge in [0.1, 0.15) is 18.2 Å². The second-order valence-corrected chi connectivity index (χ2v) is 8.63. The summed E-state index contributed by atoms with van der Waals surface area (Å²) in [7, 11) is 2.06. The molecule has 3 heteroatoms. The lowest BCUT2D eigenvalue weighted by molar-refractivity contribution is -0.660. The Labute approximate surface area is 188 Å². The lowest BCUT2D eigenvalue weighted by atomic mass is 9.91. The average molecular weight is 418 g/mol. The topological polar surface area (TPSA) is 21.4 Å². The quantitative estimate of drug-likeness (QED) is 0.217. The monoisotopic (exact) mass is 417 g/mol. The summed E-state index contributed by atoms with van der Waals surface area (Å²) in [6, 6.07) is 22.7. The van der Waals surface area contributed by atoms with Crippen LogP contribution >= 0.6 is 0 Å². The van der Waals surface area contributed by atoms with Crippen LogP contribution in [0.3, 0.4) is 0 Å². The van der Waals surface area contributed by atoms with Crippen LogP contribution in [-0.4, -0.2) is 0 Å². The molecule has 2 heterocycles. The number of rotatable bonds is 3. The minimum atomic E-state index is 0.237. The van der Waals surface area contributed by atoms with Crippen molar-refractivity contribution in [3.8, 4) is 22.4 Å². The summed E-state index contributed by atoms with van der Waals surface area (Å²) in [5.74, 6) is 0.237. The highest BCUT2D eigenvalue weighted by Gasteiger charge is 2.25. The van der Waals surface area contributed by atoms with E-state index in [1.54, 1.807) is 0 Å². The van der Waals surface area contributed by atoms with Gasteiger partial charge in [-0.05, 0) is 47.2 Å². The third kappa shape index (κ3) is 2.99. The number of furan rings is 1. The van der Waals surface area contributed by atoms with Gasteiger partial charge in [0, 0.05) is 22.9 Å². The Morgan fingerprint density at radius 1 is 0.906 bits per heavy atom. The number of aromatic nitrogens is 1. The van der Waals surface area contributed by atoms with Gasteiger partial charge in [-0.2, -0.15) is 0 Å². The molecule has 3 nitrogen and oxygen atoms in total. The third-order valence-electron chi connectivity index (χ3n) is 6.24. The maximum atomic E-state index is 7.94. The largest absolute Gasteiger partial charge is 0.455 e. The lowest BCUT2D eigenvalue weighted by Crippen LogP contribution is -2.30. The molecule has 0 radical (unpaired) electrons. The predicted octanol–water partition coefficient (Wildman–Crippen LogP) is 7.73. The number of benzene rings is 3. The fraction of sp³-hybridized carbons (Fsp3) is 0.172. The van der Waals surface area contributed by atoms with Gasteiger partial charge in [0.05, 0.1) is 12.1 Å². The summed E-state index contributed by atoms with van der Waals surface area (Å²) < 4.78 is 8.84. The Bertz CT molecular complexity index is 1520. The van der Waals surface area contributed by atoms with E-state index in [1.807, 2.05) is 30.3 Å². The molecule has 0 saturated heterocycles. The van der Waals surface area contributed by atoms with Crippen LogP contribution in [0.4, 0.5) is 5.69 Å². The summed E-state index contributed by atoms with van der Waals surface area (Å²) >= 11 is 0. The van der Waals surface area contributed by atoms with Crippen LogP contribution in [0.25, 0.3) is 49.2 Å². The van der Waals surface area contributed by atoms with E-state index < -0.39 is 0 Å². The van der Waals surface area contributed by atoms with Crippen molar-refractivity contribution in [1.82, 2.24) is 0 Å². The summed E-state index contributed by atoms with van der Waals surface area (Å²) in [6.45, 7) is 14.4. The summed E-state index contributed by atoms with van der Waals surface area (Å²) in [5.41, 5.74) is 8.85. The Morgan fingerprint density at radius 2 is 1.66 bits per heavy atom. The van der Waals surface area contributed by atoms with Gasteiger partial charge in [0.2, 0.25) is 5.69 Å². The molecular formula is C29H25N2O+. The molecular weight excluding hydrogens is 392 g/mol. The van der Waals surface area contributed by atoms with Gasteiger partial charge < -0.3 is 4.42 Å². The first-order valence-electron chi connectivity index (χ1n) is 10.9. The predicted molar refractivity (Wildman–Crippen MR) is 131 cm³/mol. The van der Waals surface area contributed by atoms with E-state index in [0.29, 0.717) is 5.69 Å². The molecule has 0 fully saturated rings. The number of fused-ring (bicyclic) bond motifs is 3. The highest BCUT2D eigenvalue weighted by atomic mass is 16.3. The van der Waals surface area contributed by atoms with Crippen molar-refractivity contribution in [3.05, 3.63) is 95.5 Å². The lowest BCUT2D eigenvalue weighted by Gasteiger charge is -2.12. The Hall–Kier alpha value is -3.90. The van der Waals surface area contributed by atoms with Gasteiger partial charge in [0.15, 0.2) is 11.9 Å². The molecule has 5 rings (SSSR count). The van der Waals surface area contributed by atoms with E-state index in [1.165, 1.54) is 0 Å². The van der Waals surface area contributed by atoms with E-state index in [0.717, 1.165) is 55.4 Å². The van der Waals surface area contributed by atoms with Crippen molar-refractivity contribution in [2.75, 3.05) is 0 Å². The van der Waals surface area contributed by atoms with Crippen molar-refractivity contribution >= 4 is 27.6 Å². The second-order valence-electron chi connectivity index (χ2n) is 8.63. The van der Waals surface area contributed by atoms with Gasteiger partial charge in [-0.25, -0.2) is 9.41 Å². The fourth-order valence-corrected chi connectivity index (χ4v) is 4.64. The molecule has 0 amide bonds. The number of hydrogen-bond donors (Lipinski definition) is 0. The molecule has 32 heavy (non-hydrogen) atoms. The minimum absolute atomic E-state index is 0.237. The number of nitrogens with zero attached hydrogens (tertiary/aromatic N) is 2. The maximum absolute atomic E-state index is 7.94. The smallest absolute Gasteiger partial charge is 0.216 e. The van der Waals surface area contributed by atoms with Crippen LogP contribution in [0.2, 0.25) is 0 Å². The van der Waals surface area contributed by atoms with Crippen molar-refractivity contribution in [1.29, 1.82) is 0 Å². The first-order chi connectivity index (χ1) is 15.5. The molecule has 156 valence electrons. The van der Waals surface area contributed by atoms with Crippen molar-refractivity contribution in [2.24, 2.45) is 7.05 Å². The number of hydrogen-bond acceptors (Lipinski definition) is 1. The van der Waals surface area contributed by atoms with Gasteiger partial charge in [-0.15, -0.1) is 0 Å². The Kier molecular flexibility index (Phi) is 4.79. The third-order valence-corrected chi connectivity index (χ3v) is 6.24. The number of pyridine rings is 1. The van der Waals surface area contributed by atoms with Crippen molar-refractivity contribution in [3.63, 3.8) is 0 Å². The molecule has 0 aliphatic rings. The number of aryl methyl sites for hydroxylation is 2. The molecule has 0 saturated carbocycles. The summed E-state index contributed by atoms with van der Waals surface area (Å²) in [5, 5.41) is 2.08. The highest BCUT2D eigenvalue weighted by Crippen LogP contribution is 2.47.